The molecular weight excluding hydrogens is 436 g/mol. The van der Waals surface area contributed by atoms with Gasteiger partial charge in [-0.3, -0.25) is 0 Å². The average molecular weight is 467 g/mol. The highest BCUT2D eigenvalue weighted by Crippen LogP contribution is 2.38. The highest BCUT2D eigenvalue weighted by molar-refractivity contribution is 5.91. The number of para-hydroxylation sites is 3. The fourth-order valence-electron chi connectivity index (χ4n) is 4.68. The normalized spacial score (nSPS) is 14.5. The van der Waals surface area contributed by atoms with Crippen LogP contribution in [0.1, 0.15) is 29.8 Å². The molecule has 0 saturated heterocycles. The fraction of sp³-hybridized carbons (Fsp3) is 0.207. The SMILES string of the molecule is CCOc1ccccc1NC(=O)N1Cc2ccccc2-n2cccc2C1c1ccc(N(C)C)cc1. The summed E-state index contributed by atoms with van der Waals surface area (Å²) in [6, 6.07) is 27.9. The number of aromatic nitrogens is 1. The number of carbonyl (C=O) groups is 1. The van der Waals surface area contributed by atoms with Crippen molar-refractivity contribution in [2.75, 3.05) is 30.9 Å². The topological polar surface area (TPSA) is 49.7 Å². The number of anilines is 2. The van der Waals surface area contributed by atoms with Crippen LogP contribution in [0.25, 0.3) is 5.69 Å². The Balaban J connectivity index is 1.60. The Labute approximate surface area is 206 Å². The zero-order valence-electron chi connectivity index (χ0n) is 20.3. The van der Waals surface area contributed by atoms with Gasteiger partial charge in [-0.05, 0) is 60.5 Å². The molecule has 4 aromatic rings. The number of urea groups is 1. The molecule has 1 unspecified atom stereocenters. The highest BCUT2D eigenvalue weighted by Gasteiger charge is 2.33. The van der Waals surface area contributed by atoms with Crippen molar-refractivity contribution in [3.05, 3.63) is 108 Å². The summed E-state index contributed by atoms with van der Waals surface area (Å²) in [6.45, 7) is 2.94. The van der Waals surface area contributed by atoms with E-state index in [0.29, 0.717) is 24.6 Å². The molecule has 3 aromatic carbocycles. The van der Waals surface area contributed by atoms with E-state index >= 15 is 0 Å². The number of fused-ring (bicyclic) bond motifs is 3. The molecule has 0 aliphatic carbocycles. The Kier molecular flexibility index (Phi) is 6.19. The van der Waals surface area contributed by atoms with Crippen LogP contribution in [0, 0.1) is 0 Å². The molecule has 5 rings (SSSR count). The zero-order valence-corrected chi connectivity index (χ0v) is 20.3. The zero-order chi connectivity index (χ0) is 24.4. The van der Waals surface area contributed by atoms with Crippen LogP contribution in [0.4, 0.5) is 16.2 Å². The Morgan fingerprint density at radius 3 is 2.49 bits per heavy atom. The van der Waals surface area contributed by atoms with Crippen molar-refractivity contribution in [2.24, 2.45) is 0 Å². The van der Waals surface area contributed by atoms with Gasteiger partial charge in [0, 0.05) is 31.7 Å². The number of rotatable bonds is 5. The number of benzene rings is 3. The third-order valence-electron chi connectivity index (χ3n) is 6.38. The second-order valence-corrected chi connectivity index (χ2v) is 8.81. The number of nitrogens with zero attached hydrogens (tertiary/aromatic N) is 3. The van der Waals surface area contributed by atoms with Gasteiger partial charge >= 0.3 is 6.03 Å². The van der Waals surface area contributed by atoms with Gasteiger partial charge in [0.1, 0.15) is 5.75 Å². The molecule has 0 radical (unpaired) electrons. The van der Waals surface area contributed by atoms with E-state index in [-0.39, 0.29) is 12.1 Å². The quantitative estimate of drug-likeness (QED) is 0.388. The van der Waals surface area contributed by atoms with E-state index in [4.69, 9.17) is 4.74 Å². The smallest absolute Gasteiger partial charge is 0.323 e. The molecule has 178 valence electrons. The number of carbonyl (C=O) groups excluding carboxylic acids is 1. The van der Waals surface area contributed by atoms with E-state index in [1.807, 2.05) is 68.4 Å². The van der Waals surface area contributed by atoms with Crippen molar-refractivity contribution in [1.82, 2.24) is 9.47 Å². The summed E-state index contributed by atoms with van der Waals surface area (Å²) < 4.78 is 7.95. The van der Waals surface area contributed by atoms with Gasteiger partial charge in [-0.1, -0.05) is 42.5 Å². The summed E-state index contributed by atoms with van der Waals surface area (Å²) in [5.74, 6) is 0.661. The minimum atomic E-state index is -0.270. The van der Waals surface area contributed by atoms with Gasteiger partial charge in [-0.15, -0.1) is 0 Å². The Morgan fingerprint density at radius 2 is 1.71 bits per heavy atom. The summed E-state index contributed by atoms with van der Waals surface area (Å²) in [7, 11) is 4.05. The highest BCUT2D eigenvalue weighted by atomic mass is 16.5. The Bertz CT molecular complexity index is 1330. The molecule has 35 heavy (non-hydrogen) atoms. The van der Waals surface area contributed by atoms with E-state index in [2.05, 4.69) is 63.4 Å². The van der Waals surface area contributed by atoms with E-state index in [1.54, 1.807) is 0 Å². The predicted octanol–water partition coefficient (Wildman–Crippen LogP) is 6.08. The Hall–Kier alpha value is -4.19. The monoisotopic (exact) mass is 466 g/mol. The van der Waals surface area contributed by atoms with Crippen LogP contribution >= 0.6 is 0 Å². The van der Waals surface area contributed by atoms with Crippen LogP contribution in [0.2, 0.25) is 0 Å². The second kappa shape index (κ2) is 9.58. The third-order valence-corrected chi connectivity index (χ3v) is 6.38. The van der Waals surface area contributed by atoms with Crippen molar-refractivity contribution in [3.8, 4) is 11.4 Å². The number of nitrogens with one attached hydrogen (secondary N) is 1. The molecule has 1 N–H and O–H groups in total. The number of amides is 2. The fourth-order valence-corrected chi connectivity index (χ4v) is 4.68. The first-order valence-electron chi connectivity index (χ1n) is 11.9. The van der Waals surface area contributed by atoms with E-state index in [1.165, 1.54) is 0 Å². The van der Waals surface area contributed by atoms with E-state index in [0.717, 1.165) is 28.2 Å². The first-order valence-corrected chi connectivity index (χ1v) is 11.9. The number of ether oxygens (including phenoxy) is 1. The van der Waals surface area contributed by atoms with Gasteiger partial charge in [-0.2, -0.15) is 0 Å². The second-order valence-electron chi connectivity index (χ2n) is 8.81. The van der Waals surface area contributed by atoms with Crippen molar-refractivity contribution in [3.63, 3.8) is 0 Å². The van der Waals surface area contributed by atoms with Crippen molar-refractivity contribution >= 4 is 17.4 Å². The largest absolute Gasteiger partial charge is 0.492 e. The van der Waals surface area contributed by atoms with Crippen LogP contribution in [0.15, 0.2) is 91.1 Å². The van der Waals surface area contributed by atoms with E-state index < -0.39 is 0 Å². The molecule has 6 heteroatoms. The molecule has 1 aliphatic rings. The molecule has 0 saturated carbocycles. The summed E-state index contributed by atoms with van der Waals surface area (Å²) in [5.41, 5.74) is 6.05. The van der Waals surface area contributed by atoms with E-state index in [9.17, 15) is 4.79 Å². The minimum Gasteiger partial charge on any atom is -0.492 e. The lowest BCUT2D eigenvalue weighted by atomic mass is 10.0. The summed E-state index contributed by atoms with van der Waals surface area (Å²) in [5, 5.41) is 3.12. The lowest BCUT2D eigenvalue weighted by molar-refractivity contribution is 0.194. The Morgan fingerprint density at radius 1 is 0.971 bits per heavy atom. The number of hydrogen-bond donors (Lipinski definition) is 1. The van der Waals surface area contributed by atoms with Crippen LogP contribution < -0.4 is 15.0 Å². The predicted molar refractivity (Wildman–Crippen MR) is 141 cm³/mol. The van der Waals surface area contributed by atoms with Crippen LogP contribution in [0.3, 0.4) is 0 Å². The molecule has 0 bridgehead atoms. The molecule has 1 atom stereocenters. The molecular formula is C29H30N4O2. The summed E-state index contributed by atoms with van der Waals surface area (Å²) in [4.78, 5) is 17.9. The lowest BCUT2D eigenvalue weighted by Gasteiger charge is -2.31. The van der Waals surface area contributed by atoms with Gasteiger partial charge < -0.3 is 24.4 Å². The molecule has 0 fully saturated rings. The lowest BCUT2D eigenvalue weighted by Crippen LogP contribution is -2.38. The van der Waals surface area contributed by atoms with Gasteiger partial charge in [0.15, 0.2) is 0 Å². The van der Waals surface area contributed by atoms with Gasteiger partial charge in [0.25, 0.3) is 0 Å². The van der Waals surface area contributed by atoms with Crippen molar-refractivity contribution < 1.29 is 9.53 Å². The molecule has 1 aliphatic heterocycles. The first kappa shape index (κ1) is 22.6. The van der Waals surface area contributed by atoms with Gasteiger partial charge in [0.05, 0.1) is 30.6 Å². The molecule has 0 spiro atoms. The maximum absolute atomic E-state index is 13.9. The van der Waals surface area contributed by atoms with Crippen molar-refractivity contribution in [1.29, 1.82) is 0 Å². The number of hydrogen-bond acceptors (Lipinski definition) is 3. The minimum absolute atomic E-state index is 0.178. The third kappa shape index (κ3) is 4.35. The van der Waals surface area contributed by atoms with Crippen molar-refractivity contribution in [2.45, 2.75) is 19.5 Å². The molecule has 2 amide bonds. The summed E-state index contributed by atoms with van der Waals surface area (Å²) in [6.07, 6.45) is 2.07. The average Bonchev–Trinajstić information content (AvgIpc) is 3.29. The standard InChI is InChI=1S/C29H30N4O2/c1-4-35-27-14-8-6-11-24(27)30-29(34)33-20-22-10-5-7-12-25(22)32-19-9-13-26(32)28(33)21-15-17-23(18-16-21)31(2)3/h5-19,28H,4,20H2,1-3H3,(H,30,34). The molecule has 2 heterocycles. The van der Waals surface area contributed by atoms with Crippen LogP contribution in [-0.2, 0) is 6.54 Å². The molecule has 6 nitrogen and oxygen atoms in total. The van der Waals surface area contributed by atoms with Crippen LogP contribution in [0.5, 0.6) is 5.75 Å². The molecule has 1 aromatic heterocycles. The van der Waals surface area contributed by atoms with Gasteiger partial charge in [-0.25, -0.2) is 4.79 Å². The maximum atomic E-state index is 13.9. The first-order chi connectivity index (χ1) is 17.1. The summed E-state index contributed by atoms with van der Waals surface area (Å²) >= 11 is 0. The maximum Gasteiger partial charge on any atom is 0.323 e. The van der Waals surface area contributed by atoms with Gasteiger partial charge in [0.2, 0.25) is 0 Å². The van der Waals surface area contributed by atoms with Crippen LogP contribution in [-0.4, -0.2) is 36.2 Å².